The number of nitrogens with zero attached hydrogens (tertiary/aromatic N) is 2. The largest absolute Gasteiger partial charge is 0.310 e. The standard InChI is InChI=1S/C17H17N3O/c1-3-12-8-10-13(11-9-12)20(2)17(21)16-14-6-4-5-7-15(14)18-19-16/h4-11H,3H2,1-2H3,(H,18,19). The van der Waals surface area contributed by atoms with Gasteiger partial charge in [-0.15, -0.1) is 0 Å². The highest BCUT2D eigenvalue weighted by atomic mass is 16.2. The zero-order valence-corrected chi connectivity index (χ0v) is 12.1. The van der Waals surface area contributed by atoms with E-state index in [0.29, 0.717) is 5.69 Å². The van der Waals surface area contributed by atoms with Crippen LogP contribution in [-0.4, -0.2) is 23.2 Å². The minimum absolute atomic E-state index is 0.114. The van der Waals surface area contributed by atoms with Crippen LogP contribution in [0.5, 0.6) is 0 Å². The molecule has 1 heterocycles. The van der Waals surface area contributed by atoms with Gasteiger partial charge in [0.2, 0.25) is 0 Å². The fourth-order valence-electron chi connectivity index (χ4n) is 2.36. The van der Waals surface area contributed by atoms with Crippen molar-refractivity contribution in [3.05, 3.63) is 59.8 Å². The molecule has 0 aliphatic heterocycles. The van der Waals surface area contributed by atoms with E-state index in [9.17, 15) is 4.79 Å². The molecule has 0 bridgehead atoms. The second-order valence-corrected chi connectivity index (χ2v) is 5.00. The summed E-state index contributed by atoms with van der Waals surface area (Å²) in [5, 5.41) is 7.90. The van der Waals surface area contributed by atoms with E-state index in [-0.39, 0.29) is 5.91 Å². The number of nitrogens with one attached hydrogen (secondary N) is 1. The van der Waals surface area contributed by atoms with E-state index >= 15 is 0 Å². The van der Waals surface area contributed by atoms with Crippen molar-refractivity contribution in [1.82, 2.24) is 10.2 Å². The Morgan fingerprint density at radius 1 is 1.14 bits per heavy atom. The summed E-state index contributed by atoms with van der Waals surface area (Å²) in [5.41, 5.74) is 3.44. The van der Waals surface area contributed by atoms with Gasteiger partial charge in [-0.05, 0) is 30.2 Å². The van der Waals surface area contributed by atoms with Crippen LogP contribution in [0.3, 0.4) is 0 Å². The number of aryl methyl sites for hydroxylation is 1. The number of aromatic nitrogens is 2. The first kappa shape index (κ1) is 13.4. The molecule has 0 aliphatic carbocycles. The normalized spacial score (nSPS) is 10.8. The molecule has 0 unspecified atom stereocenters. The molecular weight excluding hydrogens is 262 g/mol. The number of anilines is 1. The summed E-state index contributed by atoms with van der Waals surface area (Å²) in [6.45, 7) is 2.11. The predicted octanol–water partition coefficient (Wildman–Crippen LogP) is 3.40. The number of fused-ring (bicyclic) bond motifs is 1. The summed E-state index contributed by atoms with van der Waals surface area (Å²) < 4.78 is 0. The lowest BCUT2D eigenvalue weighted by molar-refractivity contribution is 0.0990. The molecule has 3 rings (SSSR count). The van der Waals surface area contributed by atoms with Crippen molar-refractivity contribution in [3.8, 4) is 0 Å². The van der Waals surface area contributed by atoms with E-state index in [2.05, 4.69) is 17.1 Å². The van der Waals surface area contributed by atoms with Crippen molar-refractivity contribution >= 4 is 22.5 Å². The lowest BCUT2D eigenvalue weighted by atomic mass is 10.1. The number of hydrogen-bond donors (Lipinski definition) is 1. The fraction of sp³-hybridized carbons (Fsp3) is 0.176. The molecule has 0 aliphatic rings. The smallest absolute Gasteiger partial charge is 0.279 e. The first-order chi connectivity index (χ1) is 10.2. The molecule has 1 amide bonds. The van der Waals surface area contributed by atoms with Crippen molar-refractivity contribution < 1.29 is 4.79 Å². The van der Waals surface area contributed by atoms with Gasteiger partial charge in [0.05, 0.1) is 5.52 Å². The van der Waals surface area contributed by atoms with Gasteiger partial charge in [0.25, 0.3) is 5.91 Å². The van der Waals surface area contributed by atoms with Crippen molar-refractivity contribution in [2.24, 2.45) is 0 Å². The Morgan fingerprint density at radius 3 is 2.57 bits per heavy atom. The molecule has 0 saturated heterocycles. The summed E-state index contributed by atoms with van der Waals surface area (Å²) in [6, 6.07) is 15.7. The topological polar surface area (TPSA) is 49.0 Å². The third-order valence-electron chi connectivity index (χ3n) is 3.71. The van der Waals surface area contributed by atoms with Crippen LogP contribution in [0.4, 0.5) is 5.69 Å². The molecule has 106 valence electrons. The molecule has 0 atom stereocenters. The Morgan fingerprint density at radius 2 is 1.86 bits per heavy atom. The van der Waals surface area contributed by atoms with Gasteiger partial charge >= 0.3 is 0 Å². The Kier molecular flexibility index (Phi) is 3.44. The van der Waals surface area contributed by atoms with Gasteiger partial charge in [0.1, 0.15) is 0 Å². The monoisotopic (exact) mass is 279 g/mol. The van der Waals surface area contributed by atoms with Crippen LogP contribution in [0, 0.1) is 0 Å². The average molecular weight is 279 g/mol. The molecule has 0 radical (unpaired) electrons. The van der Waals surface area contributed by atoms with Crippen LogP contribution in [0.15, 0.2) is 48.5 Å². The molecule has 3 aromatic rings. The first-order valence-corrected chi connectivity index (χ1v) is 7.01. The maximum atomic E-state index is 12.6. The van der Waals surface area contributed by atoms with Crippen molar-refractivity contribution in [2.45, 2.75) is 13.3 Å². The highest BCUT2D eigenvalue weighted by Gasteiger charge is 2.19. The van der Waals surface area contributed by atoms with Gasteiger partial charge in [0, 0.05) is 18.1 Å². The Hall–Kier alpha value is -2.62. The highest BCUT2D eigenvalue weighted by molar-refractivity contribution is 6.12. The number of para-hydroxylation sites is 1. The third-order valence-corrected chi connectivity index (χ3v) is 3.71. The molecule has 0 spiro atoms. The Bertz CT molecular complexity index is 774. The minimum Gasteiger partial charge on any atom is -0.310 e. The van der Waals surface area contributed by atoms with E-state index in [0.717, 1.165) is 23.0 Å². The maximum absolute atomic E-state index is 12.6. The summed E-state index contributed by atoms with van der Waals surface area (Å²) in [5.74, 6) is -0.114. The van der Waals surface area contributed by atoms with Gasteiger partial charge in [-0.3, -0.25) is 9.89 Å². The molecule has 0 fully saturated rings. The van der Waals surface area contributed by atoms with Crippen LogP contribution in [0.2, 0.25) is 0 Å². The van der Waals surface area contributed by atoms with Crippen molar-refractivity contribution in [1.29, 1.82) is 0 Å². The number of amides is 1. The zero-order valence-electron chi connectivity index (χ0n) is 12.1. The second-order valence-electron chi connectivity index (χ2n) is 5.00. The van der Waals surface area contributed by atoms with Crippen molar-refractivity contribution in [2.75, 3.05) is 11.9 Å². The predicted molar refractivity (Wildman–Crippen MR) is 84.6 cm³/mol. The summed E-state index contributed by atoms with van der Waals surface area (Å²) in [6.07, 6.45) is 0.988. The lowest BCUT2D eigenvalue weighted by Gasteiger charge is -2.16. The molecule has 4 heteroatoms. The zero-order chi connectivity index (χ0) is 14.8. The number of H-pyrrole nitrogens is 1. The minimum atomic E-state index is -0.114. The molecular formula is C17H17N3O. The number of hydrogen-bond acceptors (Lipinski definition) is 2. The molecule has 1 aromatic heterocycles. The van der Waals surface area contributed by atoms with Crippen LogP contribution in [-0.2, 0) is 6.42 Å². The third kappa shape index (κ3) is 2.40. The van der Waals surface area contributed by atoms with Crippen LogP contribution >= 0.6 is 0 Å². The van der Waals surface area contributed by atoms with Gasteiger partial charge in [-0.2, -0.15) is 5.10 Å². The van der Waals surface area contributed by atoms with Gasteiger partial charge in [0.15, 0.2) is 5.69 Å². The van der Waals surface area contributed by atoms with Gasteiger partial charge in [-0.25, -0.2) is 0 Å². The maximum Gasteiger partial charge on any atom is 0.279 e. The average Bonchev–Trinajstić information content (AvgIpc) is 2.97. The van der Waals surface area contributed by atoms with Crippen molar-refractivity contribution in [3.63, 3.8) is 0 Å². The summed E-state index contributed by atoms with van der Waals surface area (Å²) >= 11 is 0. The highest BCUT2D eigenvalue weighted by Crippen LogP contribution is 2.20. The van der Waals surface area contributed by atoms with E-state index in [1.54, 1.807) is 11.9 Å². The van der Waals surface area contributed by atoms with E-state index in [4.69, 9.17) is 0 Å². The van der Waals surface area contributed by atoms with Crippen LogP contribution in [0.25, 0.3) is 10.9 Å². The summed E-state index contributed by atoms with van der Waals surface area (Å²) in [4.78, 5) is 14.2. The van der Waals surface area contributed by atoms with Gasteiger partial charge in [-0.1, -0.05) is 37.3 Å². The number of carbonyl (C=O) groups excluding carboxylic acids is 1. The summed E-state index contributed by atoms with van der Waals surface area (Å²) in [7, 11) is 1.77. The van der Waals surface area contributed by atoms with E-state index in [1.807, 2.05) is 48.5 Å². The van der Waals surface area contributed by atoms with Gasteiger partial charge < -0.3 is 4.90 Å². The Labute approximate surface area is 123 Å². The SMILES string of the molecule is CCc1ccc(N(C)C(=O)c2n[nH]c3ccccc23)cc1. The molecule has 0 saturated carbocycles. The van der Waals surface area contributed by atoms with Crippen LogP contribution in [0.1, 0.15) is 23.0 Å². The Balaban J connectivity index is 1.93. The molecule has 21 heavy (non-hydrogen) atoms. The van der Waals surface area contributed by atoms with E-state index in [1.165, 1.54) is 5.56 Å². The fourth-order valence-corrected chi connectivity index (χ4v) is 2.36. The molecule has 4 nitrogen and oxygen atoms in total. The molecule has 1 N–H and O–H groups in total. The quantitative estimate of drug-likeness (QED) is 0.798. The molecule has 2 aromatic carbocycles. The lowest BCUT2D eigenvalue weighted by Crippen LogP contribution is -2.26. The number of benzene rings is 2. The number of aromatic amines is 1. The second kappa shape index (κ2) is 5.40. The first-order valence-electron chi connectivity index (χ1n) is 7.01. The van der Waals surface area contributed by atoms with Crippen LogP contribution < -0.4 is 4.90 Å². The number of carbonyl (C=O) groups is 1. The number of rotatable bonds is 3. The van der Waals surface area contributed by atoms with E-state index < -0.39 is 0 Å².